The summed E-state index contributed by atoms with van der Waals surface area (Å²) in [6.07, 6.45) is 0.325. The molecule has 1 aromatic carbocycles. The highest BCUT2D eigenvalue weighted by atomic mass is 79.9. The minimum Gasteiger partial charge on any atom is -0.330 e. The van der Waals surface area contributed by atoms with Crippen LogP contribution in [0.4, 0.5) is 11.4 Å². The van der Waals surface area contributed by atoms with E-state index < -0.39 is 4.92 Å². The van der Waals surface area contributed by atoms with Crippen LogP contribution in [0.5, 0.6) is 0 Å². The quantitative estimate of drug-likeness (QED) is 0.643. The second kappa shape index (κ2) is 6.46. The molecule has 98 valence electrons. The van der Waals surface area contributed by atoms with Crippen LogP contribution >= 0.6 is 15.9 Å². The van der Waals surface area contributed by atoms with Crippen LogP contribution in [0.3, 0.4) is 0 Å². The van der Waals surface area contributed by atoms with E-state index in [0.717, 1.165) is 0 Å². The largest absolute Gasteiger partial charge is 0.330 e. The van der Waals surface area contributed by atoms with E-state index in [4.69, 9.17) is 5.73 Å². The van der Waals surface area contributed by atoms with E-state index in [-0.39, 0.29) is 17.5 Å². The molecular weight excluding hydrogens is 302 g/mol. The Morgan fingerprint density at radius 3 is 2.78 bits per heavy atom. The van der Waals surface area contributed by atoms with Gasteiger partial charge in [0.25, 0.3) is 5.69 Å². The van der Waals surface area contributed by atoms with Crippen molar-refractivity contribution in [3.63, 3.8) is 0 Å². The lowest BCUT2D eigenvalue weighted by atomic mass is 10.1. The van der Waals surface area contributed by atoms with Gasteiger partial charge in [-0.2, -0.15) is 0 Å². The number of carbonyl (C=O) groups excluding carboxylic acids is 1. The van der Waals surface area contributed by atoms with Crippen LogP contribution < -0.4 is 11.1 Å². The summed E-state index contributed by atoms with van der Waals surface area (Å²) in [7, 11) is 0. The summed E-state index contributed by atoms with van der Waals surface area (Å²) < 4.78 is 0.331. The van der Waals surface area contributed by atoms with E-state index in [2.05, 4.69) is 21.2 Å². The fourth-order valence-corrected chi connectivity index (χ4v) is 1.87. The number of carbonyl (C=O) groups is 1. The molecule has 0 aliphatic carbocycles. The van der Waals surface area contributed by atoms with Crippen molar-refractivity contribution in [1.82, 2.24) is 0 Å². The van der Waals surface area contributed by atoms with Crippen molar-refractivity contribution in [3.05, 3.63) is 32.8 Å². The van der Waals surface area contributed by atoms with Crippen LogP contribution in [0.15, 0.2) is 22.7 Å². The van der Waals surface area contributed by atoms with Gasteiger partial charge >= 0.3 is 0 Å². The smallest absolute Gasteiger partial charge is 0.283 e. The Hall–Kier alpha value is -1.47. The van der Waals surface area contributed by atoms with Crippen LogP contribution in [0.25, 0.3) is 0 Å². The minimum absolute atomic E-state index is 0.0386. The number of nitro benzene ring substituents is 1. The molecule has 0 heterocycles. The second-order valence-corrected chi connectivity index (χ2v) is 4.87. The van der Waals surface area contributed by atoms with Gasteiger partial charge in [0.05, 0.1) is 9.40 Å². The van der Waals surface area contributed by atoms with Crippen LogP contribution in [0.2, 0.25) is 0 Å². The topological polar surface area (TPSA) is 98.3 Å². The van der Waals surface area contributed by atoms with Crippen molar-refractivity contribution in [1.29, 1.82) is 0 Å². The molecule has 0 radical (unpaired) electrons. The first-order chi connectivity index (χ1) is 8.43. The lowest BCUT2D eigenvalue weighted by Crippen LogP contribution is -2.20. The Kier molecular flexibility index (Phi) is 5.24. The molecule has 0 fully saturated rings. The zero-order valence-corrected chi connectivity index (χ0v) is 11.4. The molecule has 1 aromatic rings. The van der Waals surface area contributed by atoms with Crippen LogP contribution in [0.1, 0.15) is 13.3 Å². The summed E-state index contributed by atoms with van der Waals surface area (Å²) in [6, 6.07) is 4.34. The van der Waals surface area contributed by atoms with E-state index in [0.29, 0.717) is 23.1 Å². The molecule has 0 bridgehead atoms. The van der Waals surface area contributed by atoms with Gasteiger partial charge in [-0.05, 0) is 40.5 Å². The van der Waals surface area contributed by atoms with Crippen molar-refractivity contribution in [3.8, 4) is 0 Å². The summed E-state index contributed by atoms with van der Waals surface area (Å²) in [5.74, 6) is -0.0554. The van der Waals surface area contributed by atoms with Crippen molar-refractivity contribution in [2.45, 2.75) is 13.3 Å². The molecule has 1 amide bonds. The van der Waals surface area contributed by atoms with Crippen molar-refractivity contribution in [2.24, 2.45) is 11.7 Å². The number of nitro groups is 1. The maximum absolute atomic E-state index is 11.6. The maximum Gasteiger partial charge on any atom is 0.283 e. The first-order valence-corrected chi connectivity index (χ1v) is 6.17. The Morgan fingerprint density at radius 2 is 2.28 bits per heavy atom. The summed E-state index contributed by atoms with van der Waals surface area (Å²) in [5, 5.41) is 13.3. The second-order valence-electron chi connectivity index (χ2n) is 4.02. The third-order valence-electron chi connectivity index (χ3n) is 2.36. The summed E-state index contributed by atoms with van der Waals surface area (Å²) in [5.41, 5.74) is 5.91. The molecule has 7 heteroatoms. The first kappa shape index (κ1) is 14.6. The lowest BCUT2D eigenvalue weighted by Gasteiger charge is -2.09. The summed E-state index contributed by atoms with van der Waals surface area (Å²) >= 11 is 3.09. The molecule has 6 nitrogen and oxygen atoms in total. The predicted octanol–water partition coefficient (Wildman–Crippen LogP) is 2.28. The third kappa shape index (κ3) is 4.08. The maximum atomic E-state index is 11.6. The fraction of sp³-hybridized carbons (Fsp3) is 0.364. The van der Waals surface area contributed by atoms with E-state index >= 15 is 0 Å². The Balaban J connectivity index is 2.72. The number of amides is 1. The minimum atomic E-state index is -0.494. The van der Waals surface area contributed by atoms with Crippen molar-refractivity contribution >= 4 is 33.2 Å². The van der Waals surface area contributed by atoms with Gasteiger partial charge in [0.1, 0.15) is 0 Å². The highest BCUT2D eigenvalue weighted by Gasteiger charge is 2.13. The number of benzene rings is 1. The number of hydrogen-bond acceptors (Lipinski definition) is 4. The van der Waals surface area contributed by atoms with Gasteiger partial charge in [0, 0.05) is 18.2 Å². The number of anilines is 1. The standard InChI is InChI=1S/C11H14BrN3O3/c1-7(6-13)4-11(16)14-8-2-3-10(15(17)18)9(12)5-8/h2-3,5,7H,4,6,13H2,1H3,(H,14,16). The molecule has 0 spiro atoms. The molecule has 3 N–H and O–H groups in total. The van der Waals surface area contributed by atoms with E-state index in [1.807, 2.05) is 6.92 Å². The summed E-state index contributed by atoms with van der Waals surface area (Å²) in [6.45, 7) is 2.32. The number of rotatable bonds is 5. The zero-order valence-electron chi connectivity index (χ0n) is 9.85. The number of nitrogens with one attached hydrogen (secondary N) is 1. The number of halogens is 1. The normalized spacial score (nSPS) is 11.9. The Bertz CT molecular complexity index is 465. The molecule has 0 saturated carbocycles. The average molecular weight is 316 g/mol. The highest BCUT2D eigenvalue weighted by Crippen LogP contribution is 2.27. The molecule has 0 aliphatic heterocycles. The van der Waals surface area contributed by atoms with Gasteiger partial charge in [0.2, 0.25) is 5.91 Å². The number of nitrogens with two attached hydrogens (primary N) is 1. The average Bonchev–Trinajstić information content (AvgIpc) is 2.28. The fourth-order valence-electron chi connectivity index (χ4n) is 1.34. The van der Waals surface area contributed by atoms with Crippen molar-refractivity contribution < 1.29 is 9.72 Å². The van der Waals surface area contributed by atoms with E-state index in [1.54, 1.807) is 0 Å². The Labute approximate surface area is 113 Å². The number of nitrogens with zero attached hydrogens (tertiary/aromatic N) is 1. The highest BCUT2D eigenvalue weighted by molar-refractivity contribution is 9.10. The van der Waals surface area contributed by atoms with E-state index in [1.165, 1.54) is 18.2 Å². The van der Waals surface area contributed by atoms with Gasteiger partial charge in [-0.25, -0.2) is 0 Å². The third-order valence-corrected chi connectivity index (χ3v) is 3.00. The summed E-state index contributed by atoms with van der Waals surface area (Å²) in [4.78, 5) is 21.7. The molecule has 0 aromatic heterocycles. The van der Waals surface area contributed by atoms with Gasteiger partial charge in [-0.1, -0.05) is 6.92 Å². The molecule has 0 aliphatic rings. The predicted molar refractivity (Wildman–Crippen MR) is 72.3 cm³/mol. The lowest BCUT2D eigenvalue weighted by molar-refractivity contribution is -0.385. The zero-order chi connectivity index (χ0) is 13.7. The molecule has 18 heavy (non-hydrogen) atoms. The molecule has 0 saturated heterocycles. The van der Waals surface area contributed by atoms with Gasteiger partial charge in [0.15, 0.2) is 0 Å². The van der Waals surface area contributed by atoms with E-state index in [9.17, 15) is 14.9 Å². The van der Waals surface area contributed by atoms with Crippen LogP contribution in [0, 0.1) is 16.0 Å². The van der Waals surface area contributed by atoms with Crippen LogP contribution in [-0.2, 0) is 4.79 Å². The van der Waals surface area contributed by atoms with Gasteiger partial charge < -0.3 is 11.1 Å². The number of hydrogen-bond donors (Lipinski definition) is 2. The van der Waals surface area contributed by atoms with Gasteiger partial charge in [-0.3, -0.25) is 14.9 Å². The molecular formula is C11H14BrN3O3. The van der Waals surface area contributed by atoms with Crippen molar-refractivity contribution in [2.75, 3.05) is 11.9 Å². The molecule has 1 atom stereocenters. The monoisotopic (exact) mass is 315 g/mol. The molecule has 1 unspecified atom stereocenters. The van der Waals surface area contributed by atoms with Gasteiger partial charge in [-0.15, -0.1) is 0 Å². The molecule has 1 rings (SSSR count). The first-order valence-electron chi connectivity index (χ1n) is 5.38. The van der Waals surface area contributed by atoms with Crippen LogP contribution in [-0.4, -0.2) is 17.4 Å². The SMILES string of the molecule is CC(CN)CC(=O)Nc1ccc([N+](=O)[O-])c(Br)c1. The Morgan fingerprint density at radius 1 is 1.61 bits per heavy atom.